The van der Waals surface area contributed by atoms with Crippen LogP contribution in [0.5, 0.6) is 0 Å². The van der Waals surface area contributed by atoms with Gasteiger partial charge in [0, 0.05) is 24.2 Å². The van der Waals surface area contributed by atoms with Crippen LogP contribution in [0.25, 0.3) is 11.3 Å². The fourth-order valence-electron chi connectivity index (χ4n) is 2.13. The second kappa shape index (κ2) is 6.51. The molecular weight excluding hydrogens is 272 g/mol. The molecule has 1 aliphatic rings. The van der Waals surface area contributed by atoms with Crippen molar-refractivity contribution in [3.63, 3.8) is 0 Å². The summed E-state index contributed by atoms with van der Waals surface area (Å²) >= 11 is 0. The molecule has 1 aliphatic heterocycles. The molecule has 1 aromatic heterocycles. The van der Waals surface area contributed by atoms with Crippen LogP contribution in [0.15, 0.2) is 41.3 Å². The van der Waals surface area contributed by atoms with Crippen LogP contribution < -0.4 is 5.48 Å². The summed E-state index contributed by atoms with van der Waals surface area (Å²) in [7, 11) is 0. The highest BCUT2D eigenvalue weighted by Crippen LogP contribution is 2.19. The van der Waals surface area contributed by atoms with E-state index in [2.05, 4.69) is 10.5 Å². The molecule has 3 rings (SSSR count). The number of hydrogen-bond donors (Lipinski definition) is 1. The quantitative estimate of drug-likeness (QED) is 0.875. The number of benzene rings is 1. The van der Waals surface area contributed by atoms with Crippen LogP contribution in [-0.2, 0) is 9.57 Å². The van der Waals surface area contributed by atoms with E-state index in [1.54, 1.807) is 30.5 Å². The van der Waals surface area contributed by atoms with Gasteiger partial charge in [-0.3, -0.25) is 4.79 Å². The van der Waals surface area contributed by atoms with Crippen molar-refractivity contribution >= 4 is 5.91 Å². The summed E-state index contributed by atoms with van der Waals surface area (Å²) in [6, 6.07) is 7.01. The van der Waals surface area contributed by atoms with Gasteiger partial charge in [0.2, 0.25) is 0 Å². The van der Waals surface area contributed by atoms with Crippen molar-refractivity contribution in [1.29, 1.82) is 0 Å². The lowest BCUT2D eigenvalue weighted by atomic mass is 10.1. The second-order valence-electron chi connectivity index (χ2n) is 4.79. The molecule has 1 amide bonds. The molecule has 21 heavy (non-hydrogen) atoms. The smallest absolute Gasteiger partial charge is 0.274 e. The molecule has 1 aromatic carbocycles. The van der Waals surface area contributed by atoms with Crippen molar-refractivity contribution in [3.05, 3.63) is 42.4 Å². The molecule has 6 nitrogen and oxygen atoms in total. The van der Waals surface area contributed by atoms with E-state index in [9.17, 15) is 4.79 Å². The number of amides is 1. The van der Waals surface area contributed by atoms with Gasteiger partial charge in [-0.1, -0.05) is 12.1 Å². The monoisotopic (exact) mass is 288 g/mol. The van der Waals surface area contributed by atoms with Crippen LogP contribution in [0.3, 0.4) is 0 Å². The summed E-state index contributed by atoms with van der Waals surface area (Å²) < 4.78 is 10.6. The molecule has 0 aliphatic carbocycles. The van der Waals surface area contributed by atoms with Crippen LogP contribution >= 0.6 is 0 Å². The second-order valence-corrected chi connectivity index (χ2v) is 4.79. The van der Waals surface area contributed by atoms with Crippen molar-refractivity contribution in [2.45, 2.75) is 25.6 Å². The molecule has 0 saturated carbocycles. The van der Waals surface area contributed by atoms with E-state index in [1.807, 2.05) is 0 Å². The Morgan fingerprint density at radius 1 is 1.29 bits per heavy atom. The third-order valence-electron chi connectivity index (χ3n) is 3.28. The lowest BCUT2D eigenvalue weighted by Gasteiger charge is -2.22. The predicted octanol–water partition coefficient (Wildman–Crippen LogP) is 2.53. The summed E-state index contributed by atoms with van der Waals surface area (Å²) in [5.74, 6) is 0.363. The number of hydrogen-bond acceptors (Lipinski definition) is 5. The number of aromatic nitrogens is 1. The van der Waals surface area contributed by atoms with Crippen LogP contribution in [-0.4, -0.2) is 23.8 Å². The minimum Gasteiger partial charge on any atom is -0.444 e. The Labute approximate surface area is 122 Å². The maximum absolute atomic E-state index is 12.0. The van der Waals surface area contributed by atoms with E-state index >= 15 is 0 Å². The maximum Gasteiger partial charge on any atom is 0.274 e. The van der Waals surface area contributed by atoms with Crippen LogP contribution in [0.1, 0.15) is 29.6 Å². The first kappa shape index (κ1) is 13.8. The van der Waals surface area contributed by atoms with Crippen molar-refractivity contribution in [2.24, 2.45) is 0 Å². The summed E-state index contributed by atoms with van der Waals surface area (Å²) in [6.45, 7) is 0.673. The van der Waals surface area contributed by atoms with E-state index in [1.165, 1.54) is 6.39 Å². The minimum atomic E-state index is -0.351. The summed E-state index contributed by atoms with van der Waals surface area (Å²) in [6.07, 6.45) is 5.52. The van der Waals surface area contributed by atoms with Crippen molar-refractivity contribution in [2.75, 3.05) is 6.61 Å². The van der Waals surface area contributed by atoms with Gasteiger partial charge in [-0.15, -0.1) is 0 Å². The van der Waals surface area contributed by atoms with E-state index in [4.69, 9.17) is 14.0 Å². The molecule has 0 spiro atoms. The number of carbonyl (C=O) groups excluding carboxylic acids is 1. The van der Waals surface area contributed by atoms with Crippen molar-refractivity contribution in [3.8, 4) is 11.3 Å². The number of ether oxygens (including phenoxy) is 1. The molecule has 1 N–H and O–H groups in total. The normalized spacial score (nSPS) is 18.4. The summed E-state index contributed by atoms with van der Waals surface area (Å²) in [5, 5.41) is 0. The zero-order chi connectivity index (χ0) is 14.5. The largest absolute Gasteiger partial charge is 0.444 e. The molecule has 1 fully saturated rings. The van der Waals surface area contributed by atoms with Gasteiger partial charge in [0.05, 0.1) is 6.20 Å². The fourth-order valence-corrected chi connectivity index (χ4v) is 2.13. The van der Waals surface area contributed by atoms with E-state index in [0.717, 1.165) is 24.8 Å². The predicted molar refractivity (Wildman–Crippen MR) is 74.1 cm³/mol. The van der Waals surface area contributed by atoms with Crippen molar-refractivity contribution < 1.29 is 18.8 Å². The van der Waals surface area contributed by atoms with E-state index in [-0.39, 0.29) is 12.2 Å². The first-order valence-corrected chi connectivity index (χ1v) is 6.89. The highest BCUT2D eigenvalue weighted by molar-refractivity contribution is 5.93. The number of hydroxylamine groups is 1. The Balaban J connectivity index is 1.57. The van der Waals surface area contributed by atoms with Gasteiger partial charge in [-0.05, 0) is 25.0 Å². The zero-order valence-corrected chi connectivity index (χ0v) is 11.5. The highest BCUT2D eigenvalue weighted by Gasteiger charge is 2.16. The molecule has 1 saturated heterocycles. The Hall–Kier alpha value is -2.18. The molecule has 2 aromatic rings. The summed E-state index contributed by atoms with van der Waals surface area (Å²) in [4.78, 5) is 21.1. The van der Waals surface area contributed by atoms with Gasteiger partial charge < -0.3 is 9.15 Å². The Kier molecular flexibility index (Phi) is 4.28. The Morgan fingerprint density at radius 2 is 2.14 bits per heavy atom. The van der Waals surface area contributed by atoms with Gasteiger partial charge in [-0.25, -0.2) is 15.3 Å². The fraction of sp³-hybridized carbons (Fsp3) is 0.333. The first-order valence-electron chi connectivity index (χ1n) is 6.89. The van der Waals surface area contributed by atoms with Crippen LogP contribution in [0.2, 0.25) is 0 Å². The number of carbonyl (C=O) groups is 1. The van der Waals surface area contributed by atoms with Crippen LogP contribution in [0, 0.1) is 0 Å². The Morgan fingerprint density at radius 3 is 2.81 bits per heavy atom. The molecule has 110 valence electrons. The highest BCUT2D eigenvalue weighted by atomic mass is 16.8. The standard InChI is InChI=1S/C15H16N2O4/c18-15(17-21-14-3-1-2-8-19-14)12-6-4-11(5-7-12)13-9-16-10-20-13/h4-7,9-10,14H,1-3,8H2,(H,17,18). The van der Waals surface area contributed by atoms with Crippen molar-refractivity contribution in [1.82, 2.24) is 10.5 Å². The Bertz CT molecular complexity index is 574. The van der Waals surface area contributed by atoms with Crippen LogP contribution in [0.4, 0.5) is 0 Å². The average Bonchev–Trinajstić information content (AvgIpc) is 3.08. The first-order chi connectivity index (χ1) is 10.3. The molecule has 6 heteroatoms. The van der Waals surface area contributed by atoms with Gasteiger partial charge in [0.25, 0.3) is 5.91 Å². The third-order valence-corrected chi connectivity index (χ3v) is 3.28. The number of rotatable bonds is 4. The molecule has 2 heterocycles. The summed E-state index contributed by atoms with van der Waals surface area (Å²) in [5.41, 5.74) is 3.79. The molecule has 0 radical (unpaired) electrons. The maximum atomic E-state index is 12.0. The topological polar surface area (TPSA) is 73.6 Å². The van der Waals surface area contributed by atoms with Gasteiger partial charge >= 0.3 is 0 Å². The van der Waals surface area contributed by atoms with Gasteiger partial charge in [0.15, 0.2) is 18.4 Å². The number of nitrogens with one attached hydrogen (secondary N) is 1. The van der Waals surface area contributed by atoms with Gasteiger partial charge in [-0.2, -0.15) is 0 Å². The number of nitrogens with zero attached hydrogens (tertiary/aromatic N) is 1. The third kappa shape index (κ3) is 3.48. The van der Waals surface area contributed by atoms with E-state index < -0.39 is 0 Å². The van der Waals surface area contributed by atoms with E-state index in [0.29, 0.717) is 17.9 Å². The molecule has 0 bridgehead atoms. The molecule has 1 unspecified atom stereocenters. The molecule has 1 atom stereocenters. The van der Waals surface area contributed by atoms with Gasteiger partial charge in [0.1, 0.15) is 0 Å². The minimum absolute atomic E-state index is 0.298. The molecular formula is C15H16N2O4. The lowest BCUT2D eigenvalue weighted by Crippen LogP contribution is -2.33. The lowest BCUT2D eigenvalue weighted by molar-refractivity contribution is -0.186. The average molecular weight is 288 g/mol. The SMILES string of the molecule is O=C(NOC1CCCCO1)c1ccc(-c2cnco2)cc1. The number of oxazole rings is 1. The zero-order valence-electron chi connectivity index (χ0n) is 11.5.